The fraction of sp³-hybridized carbons (Fsp3) is 0.826. The molecule has 0 heterocycles. The molecule has 2 amide bonds. The van der Waals surface area contributed by atoms with Gasteiger partial charge in [-0.05, 0) is 26.7 Å². The first-order valence-electron chi connectivity index (χ1n) is 11.3. The molecule has 0 spiro atoms. The molecule has 0 aromatic rings. The Kier molecular flexibility index (Phi) is 13.1. The van der Waals surface area contributed by atoms with Crippen LogP contribution in [0.2, 0.25) is 0 Å². The number of carbonyl (C=O) groups is 4. The van der Waals surface area contributed by atoms with E-state index in [-0.39, 0.29) is 37.9 Å². The molecule has 8 heteroatoms. The Labute approximate surface area is 187 Å². The van der Waals surface area contributed by atoms with E-state index >= 15 is 0 Å². The highest BCUT2D eigenvalue weighted by Crippen LogP contribution is 2.45. The van der Waals surface area contributed by atoms with Crippen molar-refractivity contribution in [1.29, 1.82) is 0 Å². The number of hydrogen-bond donors (Lipinski definition) is 0. The third-order valence-electron chi connectivity index (χ3n) is 5.50. The second-order valence-electron chi connectivity index (χ2n) is 8.16. The van der Waals surface area contributed by atoms with Crippen LogP contribution in [0.1, 0.15) is 66.2 Å². The van der Waals surface area contributed by atoms with Crippen molar-refractivity contribution in [3.8, 4) is 0 Å². The summed E-state index contributed by atoms with van der Waals surface area (Å²) < 4.78 is 10.8. The Morgan fingerprint density at radius 3 is 1.23 bits per heavy atom. The lowest BCUT2D eigenvalue weighted by Crippen LogP contribution is -2.60. The van der Waals surface area contributed by atoms with Crippen LogP contribution in [-0.4, -0.2) is 75.0 Å². The van der Waals surface area contributed by atoms with Gasteiger partial charge in [0.25, 0.3) is 0 Å². The van der Waals surface area contributed by atoms with Crippen molar-refractivity contribution in [3.63, 3.8) is 0 Å². The minimum absolute atomic E-state index is 0.0211. The van der Waals surface area contributed by atoms with Gasteiger partial charge in [-0.15, -0.1) is 0 Å². The Morgan fingerprint density at radius 2 is 1.00 bits per heavy atom. The SMILES string of the molecule is CCCCC(C(=O)N(C)C)C(C(=O)OCC)(C(=O)OCC)C(CCCC)C(=O)N(C)C. The number of ether oxygens (including phenoxy) is 2. The van der Waals surface area contributed by atoms with Crippen LogP contribution < -0.4 is 0 Å². The van der Waals surface area contributed by atoms with Gasteiger partial charge >= 0.3 is 11.9 Å². The third kappa shape index (κ3) is 6.94. The lowest BCUT2D eigenvalue weighted by atomic mass is 9.62. The van der Waals surface area contributed by atoms with Gasteiger partial charge in [0, 0.05) is 28.2 Å². The first kappa shape index (κ1) is 28.9. The minimum Gasteiger partial charge on any atom is -0.465 e. The van der Waals surface area contributed by atoms with Crippen molar-refractivity contribution >= 4 is 23.8 Å². The molecular formula is C23H42N2O6. The van der Waals surface area contributed by atoms with E-state index in [4.69, 9.17) is 9.47 Å². The molecule has 0 aliphatic heterocycles. The molecule has 180 valence electrons. The van der Waals surface area contributed by atoms with E-state index in [0.717, 1.165) is 12.8 Å². The van der Waals surface area contributed by atoms with Crippen LogP contribution in [0, 0.1) is 17.3 Å². The molecule has 2 atom stereocenters. The molecule has 0 bridgehead atoms. The molecule has 8 nitrogen and oxygen atoms in total. The van der Waals surface area contributed by atoms with Gasteiger partial charge in [-0.1, -0.05) is 39.5 Å². The van der Waals surface area contributed by atoms with E-state index in [0.29, 0.717) is 12.8 Å². The van der Waals surface area contributed by atoms with Crippen LogP contribution in [0.5, 0.6) is 0 Å². The first-order chi connectivity index (χ1) is 14.6. The van der Waals surface area contributed by atoms with Gasteiger partial charge in [-0.2, -0.15) is 0 Å². The van der Waals surface area contributed by atoms with Gasteiger partial charge in [0.2, 0.25) is 11.8 Å². The van der Waals surface area contributed by atoms with Gasteiger partial charge < -0.3 is 19.3 Å². The van der Waals surface area contributed by atoms with Crippen molar-refractivity contribution < 1.29 is 28.7 Å². The number of nitrogens with zero attached hydrogens (tertiary/aromatic N) is 2. The molecule has 0 saturated carbocycles. The second-order valence-corrected chi connectivity index (χ2v) is 8.16. The highest BCUT2D eigenvalue weighted by molar-refractivity contribution is 6.08. The highest BCUT2D eigenvalue weighted by Gasteiger charge is 2.64. The largest absolute Gasteiger partial charge is 0.465 e. The van der Waals surface area contributed by atoms with Crippen LogP contribution in [0.25, 0.3) is 0 Å². The van der Waals surface area contributed by atoms with Gasteiger partial charge in [0.1, 0.15) is 0 Å². The lowest BCUT2D eigenvalue weighted by molar-refractivity contribution is -0.189. The smallest absolute Gasteiger partial charge is 0.325 e. The molecule has 2 unspecified atom stereocenters. The maximum atomic E-state index is 13.6. The third-order valence-corrected chi connectivity index (χ3v) is 5.50. The standard InChI is InChI=1S/C23H42N2O6/c1-9-13-15-17(19(26)24(5)6)23(21(28)30-11-3,22(29)31-12-4)18(16-14-10-2)20(27)25(7)8/h17-18H,9-16H2,1-8H3. The molecule has 0 aliphatic carbocycles. The lowest BCUT2D eigenvalue weighted by Gasteiger charge is -2.42. The molecule has 0 aromatic carbocycles. The zero-order chi connectivity index (χ0) is 24.2. The summed E-state index contributed by atoms with van der Waals surface area (Å²) in [7, 11) is 6.32. The van der Waals surface area contributed by atoms with E-state index in [9.17, 15) is 19.2 Å². The fourth-order valence-electron chi connectivity index (χ4n) is 3.93. The summed E-state index contributed by atoms with van der Waals surface area (Å²) in [6, 6.07) is 0. The molecule has 0 saturated heterocycles. The second kappa shape index (κ2) is 14.0. The van der Waals surface area contributed by atoms with E-state index in [1.807, 2.05) is 13.8 Å². The molecule has 0 radical (unpaired) electrons. The van der Waals surface area contributed by atoms with E-state index < -0.39 is 29.2 Å². The summed E-state index contributed by atoms with van der Waals surface area (Å²) in [5.41, 5.74) is -2.04. The van der Waals surface area contributed by atoms with Crippen LogP contribution >= 0.6 is 0 Å². The number of rotatable bonds is 14. The van der Waals surface area contributed by atoms with Crippen molar-refractivity contribution in [3.05, 3.63) is 0 Å². The van der Waals surface area contributed by atoms with Crippen LogP contribution in [0.3, 0.4) is 0 Å². The molecule has 0 fully saturated rings. The number of unbranched alkanes of at least 4 members (excludes halogenated alkanes) is 2. The number of esters is 2. The van der Waals surface area contributed by atoms with Gasteiger partial charge in [0.15, 0.2) is 5.41 Å². The van der Waals surface area contributed by atoms with Crippen molar-refractivity contribution in [2.75, 3.05) is 41.4 Å². The van der Waals surface area contributed by atoms with Crippen LogP contribution in [0.4, 0.5) is 0 Å². The monoisotopic (exact) mass is 442 g/mol. The van der Waals surface area contributed by atoms with Gasteiger partial charge in [0.05, 0.1) is 25.0 Å². The zero-order valence-electron chi connectivity index (χ0n) is 20.7. The molecule has 0 aromatic heterocycles. The average molecular weight is 443 g/mol. The quantitative estimate of drug-likeness (QED) is 0.303. The molecule has 0 rings (SSSR count). The number of carbonyl (C=O) groups excluding carboxylic acids is 4. The summed E-state index contributed by atoms with van der Waals surface area (Å²) in [4.78, 5) is 56.6. The predicted octanol–water partition coefficient (Wildman–Crippen LogP) is 2.89. The Hall–Kier alpha value is -2.12. The molecule has 0 N–H and O–H groups in total. The van der Waals surface area contributed by atoms with Crippen LogP contribution in [0.15, 0.2) is 0 Å². The summed E-state index contributed by atoms with van der Waals surface area (Å²) >= 11 is 0. The first-order valence-corrected chi connectivity index (χ1v) is 11.3. The van der Waals surface area contributed by atoms with Crippen molar-refractivity contribution in [2.45, 2.75) is 66.2 Å². The van der Waals surface area contributed by atoms with Crippen LogP contribution in [-0.2, 0) is 28.7 Å². The van der Waals surface area contributed by atoms with E-state index in [1.165, 1.54) is 9.80 Å². The summed E-state index contributed by atoms with van der Waals surface area (Å²) in [5.74, 6) is -4.62. The fourth-order valence-corrected chi connectivity index (χ4v) is 3.93. The molecule has 31 heavy (non-hydrogen) atoms. The zero-order valence-corrected chi connectivity index (χ0v) is 20.7. The Morgan fingerprint density at radius 1 is 0.677 bits per heavy atom. The predicted molar refractivity (Wildman–Crippen MR) is 119 cm³/mol. The average Bonchev–Trinajstić information content (AvgIpc) is 2.71. The highest BCUT2D eigenvalue weighted by atomic mass is 16.6. The summed E-state index contributed by atoms with van der Waals surface area (Å²) in [6.07, 6.45) is 3.30. The number of amides is 2. The van der Waals surface area contributed by atoms with Gasteiger partial charge in [-0.25, -0.2) is 0 Å². The van der Waals surface area contributed by atoms with Gasteiger partial charge in [-0.3, -0.25) is 19.2 Å². The topological polar surface area (TPSA) is 93.2 Å². The summed E-state index contributed by atoms with van der Waals surface area (Å²) in [5, 5.41) is 0. The van der Waals surface area contributed by atoms with Crippen molar-refractivity contribution in [1.82, 2.24) is 9.80 Å². The maximum Gasteiger partial charge on any atom is 0.325 e. The normalized spacial score (nSPS) is 13.2. The Bertz CT molecular complexity index is 551. The Balaban J connectivity index is 7.17. The van der Waals surface area contributed by atoms with Crippen molar-refractivity contribution in [2.24, 2.45) is 17.3 Å². The molecule has 0 aliphatic rings. The van der Waals surface area contributed by atoms with E-state index in [1.54, 1.807) is 42.0 Å². The van der Waals surface area contributed by atoms with E-state index in [2.05, 4.69) is 0 Å². The minimum atomic E-state index is -2.04. The maximum absolute atomic E-state index is 13.6. The number of hydrogen-bond acceptors (Lipinski definition) is 6. The summed E-state index contributed by atoms with van der Waals surface area (Å²) in [6.45, 7) is 7.25. The molecular weight excluding hydrogens is 400 g/mol.